The van der Waals surface area contributed by atoms with Gasteiger partial charge in [-0.15, -0.1) is 0 Å². The molecular weight excluding hydrogens is 444 g/mol. The van der Waals surface area contributed by atoms with Crippen LogP contribution in [0.3, 0.4) is 0 Å². The van der Waals surface area contributed by atoms with Crippen molar-refractivity contribution in [2.45, 2.75) is 45.2 Å². The van der Waals surface area contributed by atoms with Gasteiger partial charge in [0.25, 0.3) is 0 Å². The smallest absolute Gasteiger partial charge is 0.241 e. The Labute approximate surface area is 165 Å². The van der Waals surface area contributed by atoms with Gasteiger partial charge in [-0.1, -0.05) is 24.3 Å². The van der Waals surface area contributed by atoms with Crippen LogP contribution in [0.15, 0.2) is 45.3 Å². The van der Waals surface area contributed by atoms with Gasteiger partial charge in [-0.25, -0.2) is 0 Å². The van der Waals surface area contributed by atoms with Crippen LogP contribution in [-0.4, -0.2) is 11.9 Å². The molecule has 0 unspecified atom stereocenters. The quantitative estimate of drug-likeness (QED) is 0.624. The zero-order valence-corrected chi connectivity index (χ0v) is 17.6. The number of rotatable bonds is 4. The molecule has 132 valence electrons. The normalized spacial score (nSPS) is 17.7. The zero-order chi connectivity index (χ0) is 18.0. The van der Waals surface area contributed by atoms with Crippen LogP contribution in [0.2, 0.25) is 0 Å². The summed E-state index contributed by atoms with van der Waals surface area (Å²) in [5, 5.41) is 6.53. The number of carbonyl (C=O) groups is 1. The Morgan fingerprint density at radius 1 is 1.20 bits per heavy atom. The van der Waals surface area contributed by atoms with E-state index < -0.39 is 0 Å². The lowest BCUT2D eigenvalue weighted by atomic mass is 9.87. The lowest BCUT2D eigenvalue weighted by Gasteiger charge is -2.29. The first-order valence-corrected chi connectivity index (χ1v) is 10.1. The van der Waals surface area contributed by atoms with Crippen LogP contribution >= 0.6 is 31.9 Å². The minimum absolute atomic E-state index is 0.0340. The van der Waals surface area contributed by atoms with Crippen LogP contribution in [0.4, 0.5) is 5.69 Å². The maximum absolute atomic E-state index is 12.7. The first-order chi connectivity index (χ1) is 12.0. The lowest BCUT2D eigenvalue weighted by Crippen LogP contribution is -2.41. The molecule has 25 heavy (non-hydrogen) atoms. The van der Waals surface area contributed by atoms with Gasteiger partial charge in [0.2, 0.25) is 5.91 Å². The van der Waals surface area contributed by atoms with E-state index in [2.05, 4.69) is 66.8 Å². The second-order valence-electron chi connectivity index (χ2n) is 6.62. The van der Waals surface area contributed by atoms with E-state index in [1.165, 1.54) is 11.1 Å². The Morgan fingerprint density at radius 3 is 2.60 bits per heavy atom. The maximum Gasteiger partial charge on any atom is 0.241 e. The fourth-order valence-electron chi connectivity index (χ4n) is 3.36. The molecule has 0 saturated heterocycles. The molecule has 0 bridgehead atoms. The highest BCUT2D eigenvalue weighted by atomic mass is 79.9. The SMILES string of the molecule is Cc1cc(Br)c(NC(=O)[C@@H](C)N[C@H]2CCCc3ccccc32)c(Br)c1. The summed E-state index contributed by atoms with van der Waals surface area (Å²) in [4.78, 5) is 12.7. The summed E-state index contributed by atoms with van der Waals surface area (Å²) in [6, 6.07) is 12.5. The largest absolute Gasteiger partial charge is 0.323 e. The molecule has 0 aliphatic heterocycles. The molecule has 0 spiro atoms. The fraction of sp³-hybridized carbons (Fsp3) is 0.350. The van der Waals surface area contributed by atoms with Crippen molar-refractivity contribution in [3.63, 3.8) is 0 Å². The second kappa shape index (κ2) is 8.02. The summed E-state index contributed by atoms with van der Waals surface area (Å²) in [5.41, 5.74) is 4.61. The second-order valence-corrected chi connectivity index (χ2v) is 8.33. The number of hydrogen-bond acceptors (Lipinski definition) is 2. The van der Waals surface area contributed by atoms with Gasteiger partial charge >= 0.3 is 0 Å². The number of carbonyl (C=O) groups excluding carboxylic acids is 1. The monoisotopic (exact) mass is 464 g/mol. The van der Waals surface area contributed by atoms with Gasteiger partial charge in [0.15, 0.2) is 0 Å². The molecule has 0 radical (unpaired) electrons. The third kappa shape index (κ3) is 4.33. The number of amides is 1. The van der Waals surface area contributed by atoms with Crippen LogP contribution in [0.25, 0.3) is 0 Å². The van der Waals surface area contributed by atoms with Crippen LogP contribution in [0.1, 0.15) is 42.5 Å². The van der Waals surface area contributed by atoms with Crippen LogP contribution in [-0.2, 0) is 11.2 Å². The molecule has 3 nitrogen and oxygen atoms in total. The molecule has 0 fully saturated rings. The lowest BCUT2D eigenvalue weighted by molar-refractivity contribution is -0.118. The van der Waals surface area contributed by atoms with Crippen LogP contribution in [0, 0.1) is 6.92 Å². The van der Waals surface area contributed by atoms with Crippen molar-refractivity contribution >= 4 is 43.5 Å². The summed E-state index contributed by atoms with van der Waals surface area (Å²) in [5.74, 6) is -0.0340. The predicted molar refractivity (Wildman–Crippen MR) is 110 cm³/mol. The number of hydrogen-bond donors (Lipinski definition) is 2. The number of halogens is 2. The molecule has 1 aliphatic carbocycles. The van der Waals surface area contributed by atoms with E-state index in [1.807, 2.05) is 26.0 Å². The van der Waals surface area contributed by atoms with Gasteiger partial charge in [-0.2, -0.15) is 0 Å². The summed E-state index contributed by atoms with van der Waals surface area (Å²) in [6.07, 6.45) is 3.34. The third-order valence-corrected chi connectivity index (χ3v) is 5.90. The van der Waals surface area contributed by atoms with Crippen molar-refractivity contribution in [1.82, 2.24) is 5.32 Å². The van der Waals surface area contributed by atoms with E-state index in [4.69, 9.17) is 0 Å². The van der Waals surface area contributed by atoms with Crippen LogP contribution < -0.4 is 10.6 Å². The van der Waals surface area contributed by atoms with E-state index in [0.717, 1.165) is 39.5 Å². The highest BCUT2D eigenvalue weighted by Crippen LogP contribution is 2.33. The van der Waals surface area contributed by atoms with Crippen LogP contribution in [0.5, 0.6) is 0 Å². The van der Waals surface area contributed by atoms with E-state index in [0.29, 0.717) is 0 Å². The minimum atomic E-state index is -0.281. The summed E-state index contributed by atoms with van der Waals surface area (Å²) in [7, 11) is 0. The molecule has 1 amide bonds. The number of nitrogens with one attached hydrogen (secondary N) is 2. The number of aryl methyl sites for hydroxylation is 2. The molecule has 2 atom stereocenters. The van der Waals surface area contributed by atoms with E-state index in [-0.39, 0.29) is 18.0 Å². The van der Waals surface area contributed by atoms with E-state index >= 15 is 0 Å². The molecule has 3 rings (SSSR count). The highest BCUT2D eigenvalue weighted by molar-refractivity contribution is 9.11. The molecule has 0 aromatic heterocycles. The van der Waals surface area contributed by atoms with Gasteiger partial charge in [-0.3, -0.25) is 10.1 Å². The maximum atomic E-state index is 12.7. The molecule has 1 aliphatic rings. The van der Waals surface area contributed by atoms with Gasteiger partial charge < -0.3 is 5.32 Å². The number of benzene rings is 2. The van der Waals surface area contributed by atoms with Crippen molar-refractivity contribution in [2.75, 3.05) is 5.32 Å². The van der Waals surface area contributed by atoms with Crippen molar-refractivity contribution in [3.8, 4) is 0 Å². The molecule has 0 saturated carbocycles. The van der Waals surface area contributed by atoms with Gasteiger partial charge in [0, 0.05) is 15.0 Å². The molecule has 2 N–H and O–H groups in total. The van der Waals surface area contributed by atoms with Gasteiger partial charge in [0.05, 0.1) is 11.7 Å². The molecule has 0 heterocycles. The predicted octanol–water partition coefficient (Wildman–Crippen LogP) is 5.51. The summed E-state index contributed by atoms with van der Waals surface area (Å²) in [6.45, 7) is 3.94. The van der Waals surface area contributed by atoms with Gasteiger partial charge in [0.1, 0.15) is 0 Å². The topological polar surface area (TPSA) is 41.1 Å². The third-order valence-electron chi connectivity index (χ3n) is 4.65. The molecular formula is C20H22Br2N2O. The van der Waals surface area contributed by atoms with E-state index in [1.54, 1.807) is 0 Å². The summed E-state index contributed by atoms with van der Waals surface area (Å²) < 4.78 is 1.76. The first kappa shape index (κ1) is 18.6. The van der Waals surface area contributed by atoms with Crippen molar-refractivity contribution < 1.29 is 4.79 Å². The first-order valence-electron chi connectivity index (χ1n) is 8.56. The van der Waals surface area contributed by atoms with Crippen molar-refractivity contribution in [3.05, 3.63) is 62.0 Å². The minimum Gasteiger partial charge on any atom is -0.323 e. The average Bonchev–Trinajstić information content (AvgIpc) is 2.58. The fourth-order valence-corrected chi connectivity index (χ4v) is 4.97. The standard InChI is InChI=1S/C20H22Br2N2O/c1-12-10-16(21)19(17(22)11-12)24-20(25)13(2)23-18-9-5-7-14-6-3-4-8-15(14)18/h3-4,6,8,10-11,13,18,23H,5,7,9H2,1-2H3,(H,24,25)/t13-,18+/m1/s1. The Kier molecular flexibility index (Phi) is 5.97. The van der Waals surface area contributed by atoms with E-state index in [9.17, 15) is 4.79 Å². The molecule has 2 aromatic carbocycles. The highest BCUT2D eigenvalue weighted by Gasteiger charge is 2.24. The summed E-state index contributed by atoms with van der Waals surface area (Å²) >= 11 is 7.06. The Morgan fingerprint density at radius 2 is 1.88 bits per heavy atom. The van der Waals surface area contributed by atoms with Crippen molar-refractivity contribution in [2.24, 2.45) is 0 Å². The Hall–Kier alpha value is -1.17. The zero-order valence-electron chi connectivity index (χ0n) is 14.4. The number of anilines is 1. The molecule has 5 heteroatoms. The Bertz CT molecular complexity index is 768. The Balaban J connectivity index is 1.70. The number of fused-ring (bicyclic) bond motifs is 1. The average molecular weight is 466 g/mol. The molecule has 2 aromatic rings. The van der Waals surface area contributed by atoms with Gasteiger partial charge in [-0.05, 0) is 93.8 Å². The van der Waals surface area contributed by atoms with Crippen molar-refractivity contribution in [1.29, 1.82) is 0 Å².